The summed E-state index contributed by atoms with van der Waals surface area (Å²) in [5, 5.41) is 14.0. The molecule has 0 aliphatic carbocycles. The minimum absolute atomic E-state index is 0.0289. The van der Waals surface area contributed by atoms with Gasteiger partial charge in [0.25, 0.3) is 0 Å². The molecular weight excluding hydrogens is 593 g/mol. The van der Waals surface area contributed by atoms with E-state index >= 15 is 8.78 Å². The zero-order valence-electron chi connectivity index (χ0n) is 24.9. The Morgan fingerprint density at radius 2 is 1.93 bits per heavy atom. The summed E-state index contributed by atoms with van der Waals surface area (Å²) < 4.78 is 54.3. The number of aliphatic hydroxyl groups is 1. The molecule has 234 valence electrons. The fraction of sp³-hybridized carbons (Fsp3) is 0.314. The highest BCUT2D eigenvalue weighted by molar-refractivity contribution is 6.05. The third-order valence-electron chi connectivity index (χ3n) is 9.83. The minimum Gasteiger partial charge on any atom is -0.516 e. The zero-order valence-corrected chi connectivity index (χ0v) is 24.9. The van der Waals surface area contributed by atoms with Crippen LogP contribution in [0.2, 0.25) is 0 Å². The molecule has 3 aromatic carbocycles. The Morgan fingerprint density at radius 3 is 2.70 bits per heavy atom. The van der Waals surface area contributed by atoms with Crippen LogP contribution < -0.4 is 20.7 Å². The molecule has 4 aromatic rings. The molecule has 46 heavy (non-hydrogen) atoms. The molecule has 5 heterocycles. The van der Waals surface area contributed by atoms with E-state index in [1.165, 1.54) is 30.5 Å². The normalized spacial score (nSPS) is 24.7. The molecule has 2 unspecified atom stereocenters. The maximum Gasteiger partial charge on any atom is 0.319 e. The molecule has 8 rings (SSSR count). The third kappa shape index (κ3) is 4.47. The van der Waals surface area contributed by atoms with Gasteiger partial charge in [-0.25, -0.2) is 13.2 Å². The molecule has 3 saturated heterocycles. The van der Waals surface area contributed by atoms with Crippen molar-refractivity contribution in [2.24, 2.45) is 0 Å². The number of hydrogen-bond donors (Lipinski definition) is 3. The third-order valence-corrected chi connectivity index (χ3v) is 9.83. The number of hydrogen-bond acceptors (Lipinski definition) is 8. The topological polar surface area (TPSA) is 99.8 Å². The monoisotopic (exact) mass is 624 g/mol. The first kappa shape index (κ1) is 28.7. The first-order valence-electron chi connectivity index (χ1n) is 15.3. The van der Waals surface area contributed by atoms with Gasteiger partial charge in [0.1, 0.15) is 29.6 Å². The highest BCUT2D eigenvalue weighted by atomic mass is 19.1. The van der Waals surface area contributed by atoms with Gasteiger partial charge in [-0.05, 0) is 66.6 Å². The van der Waals surface area contributed by atoms with Gasteiger partial charge >= 0.3 is 6.01 Å². The molecule has 4 aliphatic heterocycles. The number of halogens is 3. The second-order valence-electron chi connectivity index (χ2n) is 12.7. The van der Waals surface area contributed by atoms with Crippen molar-refractivity contribution in [1.82, 2.24) is 20.2 Å². The number of nitrogens with zero attached hydrogens (tertiary/aromatic N) is 4. The van der Waals surface area contributed by atoms with Crippen molar-refractivity contribution in [2.45, 2.75) is 36.9 Å². The van der Waals surface area contributed by atoms with Gasteiger partial charge < -0.3 is 25.8 Å². The number of aromatic nitrogens is 2. The minimum atomic E-state index is -0.953. The van der Waals surface area contributed by atoms with Gasteiger partial charge in [0.05, 0.1) is 22.9 Å². The predicted molar refractivity (Wildman–Crippen MR) is 171 cm³/mol. The van der Waals surface area contributed by atoms with Gasteiger partial charge in [0.15, 0.2) is 5.82 Å². The van der Waals surface area contributed by atoms with E-state index in [2.05, 4.69) is 33.3 Å². The van der Waals surface area contributed by atoms with Crippen LogP contribution in [-0.4, -0.2) is 70.4 Å². The highest BCUT2D eigenvalue weighted by Crippen LogP contribution is 2.43. The average Bonchev–Trinajstić information content (AvgIpc) is 3.71. The zero-order chi connectivity index (χ0) is 31.7. The maximum absolute atomic E-state index is 16.9. The van der Waals surface area contributed by atoms with Gasteiger partial charge in [0.2, 0.25) is 0 Å². The molecular formula is C35H31F3N6O2. The van der Waals surface area contributed by atoms with E-state index in [1.807, 2.05) is 4.90 Å². The van der Waals surface area contributed by atoms with Crippen molar-refractivity contribution in [3.63, 3.8) is 0 Å². The van der Waals surface area contributed by atoms with Crippen LogP contribution in [0.25, 0.3) is 32.8 Å². The highest BCUT2D eigenvalue weighted by Gasteiger charge is 2.47. The number of piperazine rings is 1. The van der Waals surface area contributed by atoms with Crippen molar-refractivity contribution < 1.29 is 23.0 Å². The Labute approximate surface area is 263 Å². The molecule has 4 aliphatic rings. The summed E-state index contributed by atoms with van der Waals surface area (Å²) in [5.74, 6) is 0.183. The number of terminal acetylenes is 1. The van der Waals surface area contributed by atoms with Crippen molar-refractivity contribution in [1.29, 1.82) is 0 Å². The number of anilines is 2. The lowest BCUT2D eigenvalue weighted by atomic mass is 9.92. The van der Waals surface area contributed by atoms with Crippen molar-refractivity contribution in [3.8, 4) is 29.5 Å². The van der Waals surface area contributed by atoms with Crippen molar-refractivity contribution in [3.05, 3.63) is 77.3 Å². The first-order chi connectivity index (χ1) is 22.3. The molecule has 1 aromatic heterocycles. The number of benzene rings is 3. The van der Waals surface area contributed by atoms with Gasteiger partial charge in [-0.2, -0.15) is 9.97 Å². The number of fused-ring (bicyclic) bond motifs is 5. The van der Waals surface area contributed by atoms with Crippen LogP contribution in [0.4, 0.5) is 24.7 Å². The second-order valence-corrected chi connectivity index (χ2v) is 12.7. The van der Waals surface area contributed by atoms with E-state index < -0.39 is 23.0 Å². The Balaban J connectivity index is 1.30. The van der Waals surface area contributed by atoms with Crippen molar-refractivity contribution >= 4 is 33.2 Å². The second kappa shape index (κ2) is 10.6. The number of ether oxygens (including phenoxy) is 1. The fourth-order valence-corrected chi connectivity index (χ4v) is 7.78. The Kier molecular flexibility index (Phi) is 6.63. The maximum atomic E-state index is 16.9. The lowest BCUT2D eigenvalue weighted by Crippen LogP contribution is -2.52. The van der Waals surface area contributed by atoms with Crippen LogP contribution in [-0.2, 0) is 0 Å². The Morgan fingerprint density at radius 1 is 1.13 bits per heavy atom. The van der Waals surface area contributed by atoms with E-state index in [-0.39, 0.29) is 63.3 Å². The lowest BCUT2D eigenvalue weighted by Gasteiger charge is -2.35. The van der Waals surface area contributed by atoms with Crippen LogP contribution in [0.5, 0.6) is 6.01 Å². The number of aliphatic hydroxyl groups excluding tert-OH is 1. The molecule has 8 nitrogen and oxygen atoms in total. The Bertz CT molecular complexity index is 2030. The van der Waals surface area contributed by atoms with Gasteiger partial charge in [0, 0.05) is 48.2 Å². The molecule has 0 spiro atoms. The summed E-state index contributed by atoms with van der Waals surface area (Å²) in [6.07, 6.45) is 13.5. The molecule has 11 heteroatoms. The van der Waals surface area contributed by atoms with Crippen LogP contribution in [0.3, 0.4) is 0 Å². The molecule has 4 N–H and O–H groups in total. The van der Waals surface area contributed by atoms with Gasteiger partial charge in [-0.15, -0.1) is 6.42 Å². The van der Waals surface area contributed by atoms with Crippen LogP contribution in [0.1, 0.15) is 24.8 Å². The van der Waals surface area contributed by atoms with Gasteiger partial charge in [-0.1, -0.05) is 24.1 Å². The van der Waals surface area contributed by atoms with E-state index in [0.29, 0.717) is 37.3 Å². The summed E-state index contributed by atoms with van der Waals surface area (Å²) in [4.78, 5) is 13.5. The number of nitrogens with two attached hydrogens (primary N) is 1. The Hall–Kier alpha value is -4.79. The van der Waals surface area contributed by atoms with E-state index in [0.717, 1.165) is 25.0 Å². The smallest absolute Gasteiger partial charge is 0.319 e. The van der Waals surface area contributed by atoms with Crippen LogP contribution in [0, 0.1) is 29.8 Å². The van der Waals surface area contributed by atoms with E-state index in [1.54, 1.807) is 6.07 Å². The summed E-state index contributed by atoms with van der Waals surface area (Å²) in [6, 6.07) is 6.98. The van der Waals surface area contributed by atoms with E-state index in [4.69, 9.17) is 21.9 Å². The summed E-state index contributed by atoms with van der Waals surface area (Å²) in [7, 11) is 0. The number of nitrogens with one attached hydrogen (secondary N) is 1. The molecule has 2 bridgehead atoms. The van der Waals surface area contributed by atoms with Crippen LogP contribution in [0.15, 0.2) is 54.3 Å². The number of nitrogen functional groups attached to an aromatic ring is 1. The largest absolute Gasteiger partial charge is 0.516 e. The molecule has 0 radical (unpaired) electrons. The average molecular weight is 625 g/mol. The molecule has 3 fully saturated rings. The molecule has 3 atom stereocenters. The lowest BCUT2D eigenvalue weighted by molar-refractivity contribution is 0.108. The quantitative estimate of drug-likeness (QED) is 0.121. The standard InChI is InChI=1S/C35H31F3N6O2/c1-2-24-27(36)7-4-20-10-21(39)11-25(29(20)24)30-28(37)12-26-32(31(30)38)41-34(42-33(26)43-15-22-5-6-23(16-43)40-22)46-18-35-8-3-9-44(35)14-19(13-35)17-45/h1,4-7,10-12,17,22-23,40,45H,3,8-9,13-16,18,39H2/b19-17+/t22?,23?,35-/m0/s1. The van der Waals surface area contributed by atoms with Crippen LogP contribution >= 0.6 is 0 Å². The summed E-state index contributed by atoms with van der Waals surface area (Å²) in [6.45, 7) is 2.86. The summed E-state index contributed by atoms with van der Waals surface area (Å²) >= 11 is 0. The first-order valence-corrected chi connectivity index (χ1v) is 15.3. The molecule has 0 amide bonds. The molecule has 0 saturated carbocycles. The SMILES string of the molecule is C#Cc1c(F)ccc2cc(N)cc(-c3c(F)cc4c(N5CC6C=CC(C5)N6)nc(OC[C@@]56CCCN5C/C(=C/O)C6)nc4c3F)c12. The van der Waals surface area contributed by atoms with E-state index in [9.17, 15) is 9.50 Å². The predicted octanol–water partition coefficient (Wildman–Crippen LogP) is 5.21. The fourth-order valence-electron chi connectivity index (χ4n) is 7.78. The van der Waals surface area contributed by atoms with Gasteiger partial charge in [-0.3, -0.25) is 4.90 Å². The number of rotatable bonds is 5. The summed E-state index contributed by atoms with van der Waals surface area (Å²) in [5.41, 5.74) is 6.37. The van der Waals surface area contributed by atoms with Crippen molar-refractivity contribution in [2.75, 3.05) is 43.4 Å².